The first-order chi connectivity index (χ1) is 8.29. The van der Waals surface area contributed by atoms with Crippen molar-refractivity contribution in [2.24, 2.45) is 0 Å². The Bertz CT molecular complexity index is 468. The lowest BCUT2D eigenvalue weighted by molar-refractivity contribution is 0.0546. The zero-order valence-corrected chi connectivity index (χ0v) is 11.9. The molecular weight excluding hydrogens is 327 g/mol. The van der Waals surface area contributed by atoms with E-state index in [-0.39, 0.29) is 0 Å². The van der Waals surface area contributed by atoms with Gasteiger partial charge in [0.2, 0.25) is 0 Å². The van der Waals surface area contributed by atoms with Crippen LogP contribution < -0.4 is 0 Å². The van der Waals surface area contributed by atoms with E-state index in [2.05, 4.69) is 52.8 Å². The van der Waals surface area contributed by atoms with Crippen LogP contribution in [0.4, 0.5) is 0 Å². The molecule has 4 heteroatoms. The van der Waals surface area contributed by atoms with E-state index < -0.39 is 0 Å². The molecule has 1 aromatic heterocycles. The van der Waals surface area contributed by atoms with Crippen molar-refractivity contribution in [3.8, 4) is 0 Å². The lowest BCUT2D eigenvalue weighted by Crippen LogP contribution is -2.06. The van der Waals surface area contributed by atoms with Crippen LogP contribution in [0.3, 0.4) is 0 Å². The van der Waals surface area contributed by atoms with Crippen molar-refractivity contribution >= 4 is 22.6 Å². The molecule has 0 radical (unpaired) electrons. The van der Waals surface area contributed by atoms with Crippen molar-refractivity contribution < 1.29 is 4.74 Å². The molecule has 0 saturated heterocycles. The third kappa shape index (κ3) is 3.54. The molecule has 90 valence electrons. The fraction of sp³-hybridized carbons (Fsp3) is 0.308. The van der Waals surface area contributed by atoms with Crippen LogP contribution in [0.25, 0.3) is 0 Å². The molecule has 1 heterocycles. The maximum absolute atomic E-state index is 5.64. The minimum Gasteiger partial charge on any atom is -0.355 e. The summed E-state index contributed by atoms with van der Waals surface area (Å²) in [5, 5.41) is 4.44. The molecule has 17 heavy (non-hydrogen) atoms. The van der Waals surface area contributed by atoms with Gasteiger partial charge in [0, 0.05) is 10.1 Å². The van der Waals surface area contributed by atoms with Gasteiger partial charge in [0.25, 0.3) is 0 Å². The SMILES string of the molecule is Cc1cc(CI)nn1COCc1ccccc1. The zero-order chi connectivity index (χ0) is 12.1. The molecule has 0 aliphatic heterocycles. The van der Waals surface area contributed by atoms with Gasteiger partial charge in [-0.2, -0.15) is 5.10 Å². The van der Waals surface area contributed by atoms with Crippen molar-refractivity contribution in [1.29, 1.82) is 0 Å². The second kappa shape index (κ2) is 6.16. The second-order valence-electron chi connectivity index (χ2n) is 3.87. The third-order valence-electron chi connectivity index (χ3n) is 2.49. The number of ether oxygens (including phenoxy) is 1. The first kappa shape index (κ1) is 12.6. The van der Waals surface area contributed by atoms with Crippen LogP contribution in [0.2, 0.25) is 0 Å². The number of alkyl halides is 1. The number of nitrogens with zero attached hydrogens (tertiary/aromatic N) is 2. The van der Waals surface area contributed by atoms with Crippen molar-refractivity contribution in [3.63, 3.8) is 0 Å². The molecule has 0 aliphatic rings. The number of aromatic nitrogens is 2. The average molecular weight is 342 g/mol. The molecular formula is C13H15IN2O. The molecule has 0 bridgehead atoms. The number of aryl methyl sites for hydroxylation is 1. The molecule has 2 rings (SSSR count). The van der Waals surface area contributed by atoms with Crippen LogP contribution in [-0.4, -0.2) is 9.78 Å². The van der Waals surface area contributed by atoms with E-state index in [1.807, 2.05) is 22.9 Å². The largest absolute Gasteiger partial charge is 0.355 e. The van der Waals surface area contributed by atoms with Gasteiger partial charge in [0.05, 0.1) is 12.3 Å². The lowest BCUT2D eigenvalue weighted by Gasteiger charge is -2.06. The molecule has 3 nitrogen and oxygen atoms in total. The Hall–Kier alpha value is -0.880. The van der Waals surface area contributed by atoms with E-state index in [9.17, 15) is 0 Å². The van der Waals surface area contributed by atoms with Gasteiger partial charge in [0.1, 0.15) is 6.73 Å². The minimum atomic E-state index is 0.511. The third-order valence-corrected chi connectivity index (χ3v) is 3.28. The predicted octanol–water partition coefficient (Wildman–Crippen LogP) is 3.30. The summed E-state index contributed by atoms with van der Waals surface area (Å²) in [6.45, 7) is 3.19. The van der Waals surface area contributed by atoms with E-state index in [1.54, 1.807) is 0 Å². The van der Waals surface area contributed by atoms with Crippen LogP contribution in [0.15, 0.2) is 36.4 Å². The predicted molar refractivity (Wildman–Crippen MR) is 75.9 cm³/mol. The highest BCUT2D eigenvalue weighted by atomic mass is 127. The van der Waals surface area contributed by atoms with E-state index in [0.717, 1.165) is 15.8 Å². The summed E-state index contributed by atoms with van der Waals surface area (Å²) in [6, 6.07) is 12.3. The fourth-order valence-corrected chi connectivity index (χ4v) is 1.97. The first-order valence-electron chi connectivity index (χ1n) is 5.50. The van der Waals surface area contributed by atoms with Crippen molar-refractivity contribution in [2.75, 3.05) is 0 Å². The maximum Gasteiger partial charge on any atom is 0.140 e. The number of benzene rings is 1. The number of rotatable bonds is 5. The van der Waals surface area contributed by atoms with Gasteiger partial charge in [-0.3, -0.25) is 0 Å². The van der Waals surface area contributed by atoms with Gasteiger partial charge in [-0.15, -0.1) is 0 Å². The summed E-state index contributed by atoms with van der Waals surface area (Å²) in [5.74, 6) is 0. The van der Waals surface area contributed by atoms with E-state index in [1.165, 1.54) is 5.56 Å². The van der Waals surface area contributed by atoms with Crippen LogP contribution in [0.1, 0.15) is 17.0 Å². The monoisotopic (exact) mass is 342 g/mol. The van der Waals surface area contributed by atoms with Gasteiger partial charge in [-0.1, -0.05) is 52.9 Å². The fourth-order valence-electron chi connectivity index (χ4n) is 1.60. The first-order valence-corrected chi connectivity index (χ1v) is 7.03. The number of hydrogen-bond acceptors (Lipinski definition) is 2. The van der Waals surface area contributed by atoms with Crippen molar-refractivity contribution in [1.82, 2.24) is 9.78 Å². The highest BCUT2D eigenvalue weighted by Crippen LogP contribution is 2.08. The molecule has 0 saturated carbocycles. The summed E-state index contributed by atoms with van der Waals surface area (Å²) < 4.78 is 8.48. The number of halogens is 1. The Kier molecular flexibility index (Phi) is 4.56. The molecule has 0 N–H and O–H groups in total. The van der Waals surface area contributed by atoms with E-state index in [4.69, 9.17) is 4.74 Å². The molecule has 0 aliphatic carbocycles. The van der Waals surface area contributed by atoms with Gasteiger partial charge in [-0.25, -0.2) is 4.68 Å². The van der Waals surface area contributed by atoms with E-state index in [0.29, 0.717) is 13.3 Å². The molecule has 1 aromatic carbocycles. The van der Waals surface area contributed by atoms with Gasteiger partial charge in [0.15, 0.2) is 0 Å². The highest BCUT2D eigenvalue weighted by Gasteiger charge is 2.02. The van der Waals surface area contributed by atoms with Gasteiger partial charge >= 0.3 is 0 Å². The second-order valence-corrected chi connectivity index (χ2v) is 4.64. The van der Waals surface area contributed by atoms with Gasteiger partial charge < -0.3 is 4.74 Å². The summed E-state index contributed by atoms with van der Waals surface area (Å²) in [7, 11) is 0. The average Bonchev–Trinajstić information content (AvgIpc) is 2.72. The van der Waals surface area contributed by atoms with Gasteiger partial charge in [-0.05, 0) is 18.6 Å². The Balaban J connectivity index is 1.88. The molecule has 0 fully saturated rings. The maximum atomic E-state index is 5.64. The Labute approximate surface area is 115 Å². The summed E-state index contributed by atoms with van der Waals surface area (Å²) in [4.78, 5) is 0. The van der Waals surface area contributed by atoms with Crippen LogP contribution in [0, 0.1) is 6.92 Å². The topological polar surface area (TPSA) is 27.1 Å². The smallest absolute Gasteiger partial charge is 0.140 e. The highest BCUT2D eigenvalue weighted by molar-refractivity contribution is 14.1. The van der Waals surface area contributed by atoms with Crippen LogP contribution in [-0.2, 0) is 22.5 Å². The van der Waals surface area contributed by atoms with Crippen molar-refractivity contribution in [3.05, 3.63) is 53.3 Å². The van der Waals surface area contributed by atoms with Crippen molar-refractivity contribution in [2.45, 2.75) is 24.7 Å². The quantitative estimate of drug-likeness (QED) is 0.616. The van der Waals surface area contributed by atoms with E-state index >= 15 is 0 Å². The Morgan fingerprint density at radius 3 is 2.71 bits per heavy atom. The Morgan fingerprint density at radius 1 is 1.29 bits per heavy atom. The minimum absolute atomic E-state index is 0.511. The molecule has 0 spiro atoms. The zero-order valence-electron chi connectivity index (χ0n) is 9.77. The standard InChI is InChI=1S/C13H15IN2O/c1-11-7-13(8-14)15-16(11)10-17-9-12-5-3-2-4-6-12/h2-7H,8-10H2,1H3. The number of hydrogen-bond donors (Lipinski definition) is 0. The molecule has 0 amide bonds. The molecule has 2 aromatic rings. The summed E-state index contributed by atoms with van der Waals surface area (Å²) >= 11 is 2.31. The molecule has 0 unspecified atom stereocenters. The van der Waals surface area contributed by atoms with Crippen LogP contribution >= 0.6 is 22.6 Å². The summed E-state index contributed by atoms with van der Waals surface area (Å²) in [5.41, 5.74) is 3.43. The normalized spacial score (nSPS) is 10.7. The molecule has 0 atom stereocenters. The summed E-state index contributed by atoms with van der Waals surface area (Å²) in [6.07, 6.45) is 0. The lowest BCUT2D eigenvalue weighted by atomic mass is 10.2. The van der Waals surface area contributed by atoms with Crippen LogP contribution in [0.5, 0.6) is 0 Å². The Morgan fingerprint density at radius 2 is 2.06 bits per heavy atom.